The third-order valence-corrected chi connectivity index (χ3v) is 4.70. The van der Waals surface area contributed by atoms with E-state index in [4.69, 9.17) is 4.74 Å². The van der Waals surface area contributed by atoms with Crippen LogP contribution >= 0.6 is 0 Å². The van der Waals surface area contributed by atoms with Gasteiger partial charge in [-0.1, -0.05) is 12.8 Å². The summed E-state index contributed by atoms with van der Waals surface area (Å²) in [6, 6.07) is 4.54. The molecule has 1 aliphatic rings. The second-order valence-corrected chi connectivity index (χ2v) is 6.51. The van der Waals surface area contributed by atoms with Crippen molar-refractivity contribution in [1.82, 2.24) is 19.7 Å². The van der Waals surface area contributed by atoms with Crippen LogP contribution in [0.4, 0.5) is 0 Å². The van der Waals surface area contributed by atoms with E-state index in [1.165, 1.54) is 24.8 Å². The number of hydrogen-bond donors (Lipinski definition) is 0. The monoisotopic (exact) mass is 342 g/mol. The zero-order valence-electron chi connectivity index (χ0n) is 15.0. The molecule has 3 rings (SSSR count). The molecular weight excluding hydrogens is 316 g/mol. The van der Waals surface area contributed by atoms with Gasteiger partial charge in [-0.15, -0.1) is 0 Å². The summed E-state index contributed by atoms with van der Waals surface area (Å²) in [5.41, 5.74) is 2.66. The van der Waals surface area contributed by atoms with Crippen molar-refractivity contribution < 1.29 is 9.53 Å². The lowest BCUT2D eigenvalue weighted by atomic mass is 10.0. The van der Waals surface area contributed by atoms with Crippen molar-refractivity contribution in [1.29, 1.82) is 0 Å². The second kappa shape index (κ2) is 8.25. The zero-order chi connectivity index (χ0) is 17.6. The van der Waals surface area contributed by atoms with Crippen LogP contribution in [0, 0.1) is 0 Å². The molecule has 1 aliphatic heterocycles. The van der Waals surface area contributed by atoms with Crippen molar-refractivity contribution in [2.45, 2.75) is 45.2 Å². The number of nitrogens with zero attached hydrogens (tertiary/aromatic N) is 4. The highest BCUT2D eigenvalue weighted by Crippen LogP contribution is 2.31. The van der Waals surface area contributed by atoms with Gasteiger partial charge in [-0.05, 0) is 44.0 Å². The Bertz CT molecular complexity index is 699. The summed E-state index contributed by atoms with van der Waals surface area (Å²) >= 11 is 0. The van der Waals surface area contributed by atoms with Crippen LogP contribution < -0.4 is 0 Å². The Morgan fingerprint density at radius 1 is 1.28 bits per heavy atom. The smallest absolute Gasteiger partial charge is 0.359 e. The summed E-state index contributed by atoms with van der Waals surface area (Å²) in [5, 5.41) is 4.32. The fourth-order valence-electron chi connectivity index (χ4n) is 3.56. The molecule has 0 saturated carbocycles. The van der Waals surface area contributed by atoms with Crippen LogP contribution in [0.15, 0.2) is 30.7 Å². The topological polar surface area (TPSA) is 60.2 Å². The van der Waals surface area contributed by atoms with Crippen molar-refractivity contribution in [3.05, 3.63) is 47.5 Å². The van der Waals surface area contributed by atoms with Crippen LogP contribution in [-0.4, -0.2) is 38.8 Å². The Morgan fingerprint density at radius 2 is 2.08 bits per heavy atom. The molecule has 0 aliphatic carbocycles. The molecule has 0 amide bonds. The summed E-state index contributed by atoms with van der Waals surface area (Å²) in [4.78, 5) is 18.8. The Balaban J connectivity index is 1.85. The predicted octanol–water partition coefficient (Wildman–Crippen LogP) is 3.11. The average Bonchev–Trinajstić information content (AvgIpc) is 2.83. The number of aromatic nitrogens is 3. The molecule has 2 aromatic rings. The SMILES string of the molecule is CCOC(=O)c1nn(C)cc1CN1CCCCC[C@@H]1c1ccncc1. The van der Waals surface area contributed by atoms with Crippen LogP contribution in [0.1, 0.15) is 60.3 Å². The molecule has 134 valence electrons. The summed E-state index contributed by atoms with van der Waals surface area (Å²) in [5.74, 6) is -0.339. The molecule has 1 atom stereocenters. The van der Waals surface area contributed by atoms with E-state index in [-0.39, 0.29) is 5.97 Å². The molecule has 0 aromatic carbocycles. The molecule has 6 heteroatoms. The third kappa shape index (κ3) is 4.25. The lowest BCUT2D eigenvalue weighted by Gasteiger charge is -2.30. The summed E-state index contributed by atoms with van der Waals surface area (Å²) in [6.45, 7) is 3.89. The highest BCUT2D eigenvalue weighted by atomic mass is 16.5. The summed E-state index contributed by atoms with van der Waals surface area (Å²) < 4.78 is 6.86. The van der Waals surface area contributed by atoms with Crippen LogP contribution in [-0.2, 0) is 18.3 Å². The van der Waals surface area contributed by atoms with Crippen molar-refractivity contribution >= 4 is 5.97 Å². The van der Waals surface area contributed by atoms with E-state index in [0.717, 1.165) is 18.5 Å². The molecule has 3 heterocycles. The number of hydrogen-bond acceptors (Lipinski definition) is 5. The molecule has 0 N–H and O–H groups in total. The fraction of sp³-hybridized carbons (Fsp3) is 0.526. The first-order valence-corrected chi connectivity index (χ1v) is 9.02. The molecule has 2 aromatic heterocycles. The Morgan fingerprint density at radius 3 is 2.84 bits per heavy atom. The number of ether oxygens (including phenoxy) is 1. The van der Waals surface area contributed by atoms with E-state index in [1.54, 1.807) is 4.68 Å². The Hall–Kier alpha value is -2.21. The maximum atomic E-state index is 12.2. The molecule has 25 heavy (non-hydrogen) atoms. The molecular formula is C19H26N4O2. The van der Waals surface area contributed by atoms with Crippen molar-refractivity contribution in [2.75, 3.05) is 13.2 Å². The molecule has 0 radical (unpaired) electrons. The van der Waals surface area contributed by atoms with Crippen LogP contribution in [0.3, 0.4) is 0 Å². The number of rotatable bonds is 5. The summed E-state index contributed by atoms with van der Waals surface area (Å²) in [6.07, 6.45) is 10.4. The van der Waals surface area contributed by atoms with E-state index >= 15 is 0 Å². The number of pyridine rings is 1. The Labute approximate surface area is 148 Å². The number of esters is 1. The normalized spacial score (nSPS) is 18.7. The highest BCUT2D eigenvalue weighted by Gasteiger charge is 2.26. The van der Waals surface area contributed by atoms with E-state index in [0.29, 0.717) is 24.9 Å². The number of carbonyl (C=O) groups is 1. The molecule has 0 unspecified atom stereocenters. The quantitative estimate of drug-likeness (QED) is 0.782. The molecule has 0 bridgehead atoms. The minimum atomic E-state index is -0.339. The number of carbonyl (C=O) groups excluding carboxylic acids is 1. The number of likely N-dealkylation sites (tertiary alicyclic amines) is 1. The van der Waals surface area contributed by atoms with Crippen LogP contribution in [0.25, 0.3) is 0 Å². The van der Waals surface area contributed by atoms with Gasteiger partial charge in [0.15, 0.2) is 5.69 Å². The van der Waals surface area contributed by atoms with Gasteiger partial charge < -0.3 is 4.74 Å². The maximum Gasteiger partial charge on any atom is 0.359 e. The van der Waals surface area contributed by atoms with E-state index < -0.39 is 0 Å². The second-order valence-electron chi connectivity index (χ2n) is 6.51. The van der Waals surface area contributed by atoms with Crippen LogP contribution in [0.2, 0.25) is 0 Å². The minimum Gasteiger partial charge on any atom is -0.461 e. The lowest BCUT2D eigenvalue weighted by Crippen LogP contribution is -2.28. The van der Waals surface area contributed by atoms with Crippen LogP contribution in [0.5, 0.6) is 0 Å². The molecule has 1 saturated heterocycles. The van der Waals surface area contributed by atoms with E-state index in [1.807, 2.05) is 32.6 Å². The largest absolute Gasteiger partial charge is 0.461 e. The van der Waals surface area contributed by atoms with Gasteiger partial charge in [-0.3, -0.25) is 14.6 Å². The van der Waals surface area contributed by atoms with E-state index in [9.17, 15) is 4.79 Å². The van der Waals surface area contributed by atoms with E-state index in [2.05, 4.69) is 27.1 Å². The van der Waals surface area contributed by atoms with Gasteiger partial charge in [0.2, 0.25) is 0 Å². The average molecular weight is 342 g/mol. The minimum absolute atomic E-state index is 0.339. The van der Waals surface area contributed by atoms with Gasteiger partial charge in [0.05, 0.1) is 6.61 Å². The zero-order valence-corrected chi connectivity index (χ0v) is 15.0. The first-order valence-electron chi connectivity index (χ1n) is 9.02. The van der Waals surface area contributed by atoms with Crippen molar-refractivity contribution in [3.8, 4) is 0 Å². The van der Waals surface area contributed by atoms with Crippen molar-refractivity contribution in [2.24, 2.45) is 7.05 Å². The first kappa shape index (κ1) is 17.6. The van der Waals surface area contributed by atoms with Gasteiger partial charge in [-0.2, -0.15) is 5.10 Å². The van der Waals surface area contributed by atoms with Crippen molar-refractivity contribution in [3.63, 3.8) is 0 Å². The molecule has 0 spiro atoms. The standard InChI is InChI=1S/C19H26N4O2/c1-3-25-19(24)18-16(13-22(2)21-18)14-23-12-6-4-5-7-17(23)15-8-10-20-11-9-15/h8-11,13,17H,3-7,12,14H2,1-2H3/t17-/m1/s1. The first-order chi connectivity index (χ1) is 12.2. The van der Waals surface area contributed by atoms with Gasteiger partial charge in [0.25, 0.3) is 0 Å². The maximum absolute atomic E-state index is 12.2. The van der Waals surface area contributed by atoms with Gasteiger partial charge in [0, 0.05) is 43.8 Å². The predicted molar refractivity (Wildman–Crippen MR) is 95.0 cm³/mol. The Kier molecular flexibility index (Phi) is 5.81. The molecule has 6 nitrogen and oxygen atoms in total. The third-order valence-electron chi connectivity index (χ3n) is 4.70. The number of aryl methyl sites for hydroxylation is 1. The fourth-order valence-corrected chi connectivity index (χ4v) is 3.56. The highest BCUT2D eigenvalue weighted by molar-refractivity contribution is 5.88. The van der Waals surface area contributed by atoms with Gasteiger partial charge in [-0.25, -0.2) is 4.79 Å². The molecule has 1 fully saturated rings. The van der Waals surface area contributed by atoms with Gasteiger partial charge >= 0.3 is 5.97 Å². The summed E-state index contributed by atoms with van der Waals surface area (Å²) in [7, 11) is 1.84. The van der Waals surface area contributed by atoms with Gasteiger partial charge in [0.1, 0.15) is 0 Å². The lowest BCUT2D eigenvalue weighted by molar-refractivity contribution is 0.0515.